The molecule has 3 rings (SSSR count). The summed E-state index contributed by atoms with van der Waals surface area (Å²) in [6.45, 7) is 2.35. The quantitative estimate of drug-likeness (QED) is 0.766. The zero-order chi connectivity index (χ0) is 14.7. The summed E-state index contributed by atoms with van der Waals surface area (Å²) in [6.07, 6.45) is 0. The van der Waals surface area contributed by atoms with Gasteiger partial charge < -0.3 is 9.73 Å². The van der Waals surface area contributed by atoms with Crippen molar-refractivity contribution in [1.82, 2.24) is 15.2 Å². The molecule has 2 aromatic heterocycles. The maximum Gasteiger partial charge on any atom is 0.203 e. The van der Waals surface area contributed by atoms with Gasteiger partial charge in [0.25, 0.3) is 0 Å². The number of aromatic nitrogens is 3. The minimum absolute atomic E-state index is 0.310. The molecule has 3 aromatic rings. The van der Waals surface area contributed by atoms with Gasteiger partial charge in [0.05, 0.1) is 6.54 Å². The number of nitriles is 1. The van der Waals surface area contributed by atoms with Crippen LogP contribution in [-0.2, 0) is 6.54 Å². The van der Waals surface area contributed by atoms with E-state index in [4.69, 9.17) is 9.68 Å². The molecule has 2 N–H and O–H groups in total. The van der Waals surface area contributed by atoms with E-state index in [1.165, 1.54) is 0 Å². The minimum Gasteiger partial charge on any atom is -0.449 e. The molecule has 1 aromatic carbocycles. The molecule has 21 heavy (non-hydrogen) atoms. The molecule has 0 radical (unpaired) electrons. The number of anilines is 1. The summed E-state index contributed by atoms with van der Waals surface area (Å²) >= 11 is 0. The topological polar surface area (TPSA) is 90.5 Å². The van der Waals surface area contributed by atoms with Crippen LogP contribution < -0.4 is 5.32 Å². The summed E-state index contributed by atoms with van der Waals surface area (Å²) < 4.78 is 5.34. The molecule has 0 aliphatic carbocycles. The van der Waals surface area contributed by atoms with Crippen LogP contribution in [0.3, 0.4) is 0 Å². The van der Waals surface area contributed by atoms with Crippen molar-refractivity contribution in [2.24, 2.45) is 0 Å². The predicted octanol–water partition coefficient (Wildman–Crippen LogP) is 2.86. The van der Waals surface area contributed by atoms with Gasteiger partial charge in [0, 0.05) is 11.3 Å². The maximum absolute atomic E-state index is 8.75. The molecule has 0 aliphatic rings. The second-order valence-electron chi connectivity index (χ2n) is 4.52. The lowest BCUT2D eigenvalue weighted by Crippen LogP contribution is -2.00. The molecule has 2 heterocycles. The highest BCUT2D eigenvalue weighted by atomic mass is 16.3. The van der Waals surface area contributed by atoms with Crippen molar-refractivity contribution in [2.75, 3.05) is 5.32 Å². The van der Waals surface area contributed by atoms with Gasteiger partial charge in [-0.25, -0.2) is 4.98 Å². The first kappa shape index (κ1) is 12.9. The molecule has 0 amide bonds. The molecule has 0 bridgehead atoms. The van der Waals surface area contributed by atoms with Crippen LogP contribution in [0.25, 0.3) is 11.4 Å². The van der Waals surface area contributed by atoms with Crippen molar-refractivity contribution < 1.29 is 4.42 Å². The van der Waals surface area contributed by atoms with Gasteiger partial charge in [-0.05, 0) is 31.2 Å². The molecule has 0 spiro atoms. The molecule has 6 nitrogen and oxygen atoms in total. The van der Waals surface area contributed by atoms with E-state index in [0.29, 0.717) is 23.9 Å². The van der Waals surface area contributed by atoms with Crippen molar-refractivity contribution in [3.8, 4) is 17.5 Å². The number of para-hydroxylation sites is 1. The average Bonchev–Trinajstić information content (AvgIpc) is 3.14. The SMILES string of the molecule is Cc1nc(-c2ccccc2NCc2ccc(C#N)o2)n[nH]1. The molecule has 0 atom stereocenters. The molecule has 0 saturated heterocycles. The first-order chi connectivity index (χ1) is 10.3. The Hall–Kier alpha value is -3.07. The zero-order valence-corrected chi connectivity index (χ0v) is 11.4. The summed E-state index contributed by atoms with van der Waals surface area (Å²) in [4.78, 5) is 4.34. The Bertz CT molecular complexity index is 796. The highest BCUT2D eigenvalue weighted by Gasteiger charge is 2.09. The van der Waals surface area contributed by atoms with Crippen LogP contribution in [0.5, 0.6) is 0 Å². The standard InChI is InChI=1S/C15H13N5O/c1-10-18-15(20-19-10)13-4-2-3-5-14(13)17-9-12-7-6-11(8-16)21-12/h2-7,17H,9H2,1H3,(H,18,19,20). The van der Waals surface area contributed by atoms with Gasteiger partial charge >= 0.3 is 0 Å². The van der Waals surface area contributed by atoms with E-state index < -0.39 is 0 Å². The first-order valence-electron chi connectivity index (χ1n) is 6.47. The van der Waals surface area contributed by atoms with Gasteiger partial charge in [0.1, 0.15) is 17.7 Å². The molecule has 6 heteroatoms. The Morgan fingerprint density at radius 3 is 2.86 bits per heavy atom. The van der Waals surface area contributed by atoms with Crippen LogP contribution in [-0.4, -0.2) is 15.2 Å². The van der Waals surface area contributed by atoms with E-state index in [0.717, 1.165) is 17.1 Å². The van der Waals surface area contributed by atoms with E-state index in [1.807, 2.05) is 37.3 Å². The lowest BCUT2D eigenvalue weighted by molar-refractivity contribution is 0.506. The molecule has 0 fully saturated rings. The van der Waals surface area contributed by atoms with E-state index in [9.17, 15) is 0 Å². The number of aromatic amines is 1. The van der Waals surface area contributed by atoms with Crippen molar-refractivity contribution in [3.63, 3.8) is 0 Å². The first-order valence-corrected chi connectivity index (χ1v) is 6.47. The number of benzene rings is 1. The fourth-order valence-corrected chi connectivity index (χ4v) is 2.01. The normalized spacial score (nSPS) is 10.3. The smallest absolute Gasteiger partial charge is 0.203 e. The Morgan fingerprint density at radius 1 is 1.29 bits per heavy atom. The summed E-state index contributed by atoms with van der Waals surface area (Å²) in [5, 5.41) is 19.0. The van der Waals surface area contributed by atoms with Crippen LogP contribution in [0.2, 0.25) is 0 Å². The van der Waals surface area contributed by atoms with Crippen molar-refractivity contribution in [3.05, 3.63) is 53.7 Å². The lowest BCUT2D eigenvalue weighted by atomic mass is 10.1. The largest absolute Gasteiger partial charge is 0.449 e. The molecule has 0 unspecified atom stereocenters. The van der Waals surface area contributed by atoms with E-state index >= 15 is 0 Å². The molecular weight excluding hydrogens is 266 g/mol. The van der Waals surface area contributed by atoms with Crippen LogP contribution in [0.4, 0.5) is 5.69 Å². The summed E-state index contributed by atoms with van der Waals surface area (Å²) in [7, 11) is 0. The Morgan fingerprint density at radius 2 is 2.14 bits per heavy atom. The fourth-order valence-electron chi connectivity index (χ4n) is 2.01. The summed E-state index contributed by atoms with van der Waals surface area (Å²) in [5.74, 6) is 2.43. The van der Waals surface area contributed by atoms with Gasteiger partial charge in [-0.15, -0.1) is 0 Å². The molecule has 104 valence electrons. The zero-order valence-electron chi connectivity index (χ0n) is 11.4. The van der Waals surface area contributed by atoms with Crippen molar-refractivity contribution in [2.45, 2.75) is 13.5 Å². The van der Waals surface area contributed by atoms with Crippen molar-refractivity contribution >= 4 is 5.69 Å². The maximum atomic E-state index is 8.75. The highest BCUT2D eigenvalue weighted by Crippen LogP contribution is 2.25. The van der Waals surface area contributed by atoms with Crippen LogP contribution in [0.1, 0.15) is 17.3 Å². The molecule has 0 aliphatic heterocycles. The Kier molecular flexibility index (Phi) is 3.39. The van der Waals surface area contributed by atoms with Gasteiger partial charge in [0.2, 0.25) is 5.76 Å². The average molecular weight is 279 g/mol. The van der Waals surface area contributed by atoms with Crippen LogP contribution in [0.15, 0.2) is 40.8 Å². The molecular formula is C15H13N5O. The highest BCUT2D eigenvalue weighted by molar-refractivity contribution is 5.73. The number of nitrogens with one attached hydrogen (secondary N) is 2. The van der Waals surface area contributed by atoms with Crippen LogP contribution in [0, 0.1) is 18.3 Å². The summed E-state index contributed by atoms with van der Waals surface area (Å²) in [6, 6.07) is 13.2. The van der Waals surface area contributed by atoms with E-state index in [-0.39, 0.29) is 0 Å². The third-order valence-electron chi connectivity index (χ3n) is 2.99. The number of rotatable bonds is 4. The fraction of sp³-hybridized carbons (Fsp3) is 0.133. The second kappa shape index (κ2) is 5.51. The number of hydrogen-bond acceptors (Lipinski definition) is 5. The summed E-state index contributed by atoms with van der Waals surface area (Å²) in [5.41, 5.74) is 1.82. The third-order valence-corrected chi connectivity index (χ3v) is 2.99. The van der Waals surface area contributed by atoms with E-state index in [2.05, 4.69) is 20.5 Å². The number of H-pyrrole nitrogens is 1. The monoisotopic (exact) mass is 279 g/mol. The number of furan rings is 1. The third kappa shape index (κ3) is 2.77. The number of aryl methyl sites for hydroxylation is 1. The lowest BCUT2D eigenvalue weighted by Gasteiger charge is -2.08. The number of hydrogen-bond donors (Lipinski definition) is 2. The van der Waals surface area contributed by atoms with E-state index in [1.54, 1.807) is 12.1 Å². The van der Waals surface area contributed by atoms with Gasteiger partial charge in [-0.3, -0.25) is 5.10 Å². The van der Waals surface area contributed by atoms with Gasteiger partial charge in [-0.2, -0.15) is 10.4 Å². The second-order valence-corrected chi connectivity index (χ2v) is 4.52. The van der Waals surface area contributed by atoms with Crippen LogP contribution >= 0.6 is 0 Å². The van der Waals surface area contributed by atoms with Gasteiger partial charge in [0.15, 0.2) is 5.82 Å². The predicted molar refractivity (Wildman–Crippen MR) is 77.3 cm³/mol. The van der Waals surface area contributed by atoms with Crippen molar-refractivity contribution in [1.29, 1.82) is 5.26 Å². The Balaban J connectivity index is 1.81. The molecule has 0 saturated carbocycles. The Labute approximate surface area is 121 Å². The van der Waals surface area contributed by atoms with Gasteiger partial charge in [-0.1, -0.05) is 12.1 Å². The minimum atomic E-state index is 0.310. The number of nitrogens with zero attached hydrogens (tertiary/aromatic N) is 3.